The van der Waals surface area contributed by atoms with Gasteiger partial charge in [0.15, 0.2) is 0 Å². The first-order valence-electron chi connectivity index (χ1n) is 5.46. The van der Waals surface area contributed by atoms with Crippen molar-refractivity contribution < 1.29 is 4.79 Å². The van der Waals surface area contributed by atoms with Gasteiger partial charge in [0.05, 0.1) is 4.47 Å². The smallest absolute Gasteiger partial charge is 0.265 e. The van der Waals surface area contributed by atoms with E-state index in [1.807, 2.05) is 0 Å². The number of nitrogens with zero attached hydrogens (tertiary/aromatic N) is 1. The number of pyridine rings is 1. The molecule has 0 unspecified atom stereocenters. The van der Waals surface area contributed by atoms with Crippen LogP contribution in [-0.4, -0.2) is 10.5 Å². The normalized spacial score (nSPS) is 10.2. The summed E-state index contributed by atoms with van der Waals surface area (Å²) in [5.74, 6) is -0.275. The molecule has 2 aromatic rings. The van der Waals surface area contributed by atoms with Crippen LogP contribution in [0.4, 0.5) is 5.69 Å². The summed E-state index contributed by atoms with van der Waals surface area (Å²) in [6.45, 7) is -0.0408. The van der Waals surface area contributed by atoms with Gasteiger partial charge in [-0.05, 0) is 52.3 Å². The highest BCUT2D eigenvalue weighted by molar-refractivity contribution is 9.10. The van der Waals surface area contributed by atoms with E-state index in [1.165, 1.54) is 4.57 Å². The van der Waals surface area contributed by atoms with Crippen molar-refractivity contribution >= 4 is 39.1 Å². The Morgan fingerprint density at radius 1 is 1.26 bits per heavy atom. The van der Waals surface area contributed by atoms with E-state index in [4.69, 9.17) is 11.6 Å². The number of rotatable bonds is 3. The van der Waals surface area contributed by atoms with E-state index in [0.717, 1.165) is 0 Å². The Labute approximate surface area is 123 Å². The number of halogens is 2. The molecule has 6 heteroatoms. The van der Waals surface area contributed by atoms with Gasteiger partial charge in [0.25, 0.3) is 5.56 Å². The molecular weight excluding hydrogens is 332 g/mol. The summed E-state index contributed by atoms with van der Waals surface area (Å²) in [5, 5.41) is 3.29. The van der Waals surface area contributed by atoms with Crippen molar-refractivity contribution in [1.82, 2.24) is 4.57 Å². The van der Waals surface area contributed by atoms with E-state index in [-0.39, 0.29) is 18.0 Å². The summed E-state index contributed by atoms with van der Waals surface area (Å²) >= 11 is 8.88. The van der Waals surface area contributed by atoms with Crippen molar-refractivity contribution in [3.05, 3.63) is 62.4 Å². The van der Waals surface area contributed by atoms with E-state index >= 15 is 0 Å². The lowest BCUT2D eigenvalue weighted by Gasteiger charge is -2.07. The Morgan fingerprint density at radius 3 is 2.63 bits per heavy atom. The van der Waals surface area contributed by atoms with E-state index in [1.54, 1.807) is 42.6 Å². The van der Waals surface area contributed by atoms with Gasteiger partial charge in [-0.2, -0.15) is 0 Å². The fourth-order valence-electron chi connectivity index (χ4n) is 1.52. The maximum Gasteiger partial charge on any atom is 0.265 e. The van der Waals surface area contributed by atoms with Crippen LogP contribution in [0.3, 0.4) is 0 Å². The van der Waals surface area contributed by atoms with Gasteiger partial charge in [0, 0.05) is 16.9 Å². The molecule has 19 heavy (non-hydrogen) atoms. The van der Waals surface area contributed by atoms with Crippen LogP contribution in [0, 0.1) is 0 Å². The quantitative estimate of drug-likeness (QED) is 0.933. The summed E-state index contributed by atoms with van der Waals surface area (Å²) in [6, 6.07) is 10.1. The Bertz CT molecular complexity index is 652. The zero-order valence-electron chi connectivity index (χ0n) is 9.77. The number of aromatic nitrogens is 1. The van der Waals surface area contributed by atoms with E-state index in [2.05, 4.69) is 21.2 Å². The van der Waals surface area contributed by atoms with E-state index in [9.17, 15) is 9.59 Å². The molecule has 0 spiro atoms. The van der Waals surface area contributed by atoms with Crippen LogP contribution in [0.1, 0.15) is 0 Å². The third-order valence-corrected chi connectivity index (χ3v) is 3.27. The highest BCUT2D eigenvalue weighted by Gasteiger charge is 2.06. The molecule has 0 saturated heterocycles. The Balaban J connectivity index is 2.07. The molecule has 0 aliphatic carbocycles. The molecule has 1 aromatic heterocycles. The molecule has 0 radical (unpaired) electrons. The predicted octanol–water partition coefficient (Wildman–Crippen LogP) is 2.90. The van der Waals surface area contributed by atoms with Crippen molar-refractivity contribution in [1.29, 1.82) is 0 Å². The number of amides is 1. The van der Waals surface area contributed by atoms with Crippen LogP contribution in [0.25, 0.3) is 0 Å². The summed E-state index contributed by atoms with van der Waals surface area (Å²) in [5.41, 5.74) is 0.395. The topological polar surface area (TPSA) is 51.1 Å². The van der Waals surface area contributed by atoms with Crippen LogP contribution < -0.4 is 10.9 Å². The molecule has 0 saturated carbocycles. The van der Waals surface area contributed by atoms with Crippen LogP contribution >= 0.6 is 27.5 Å². The number of anilines is 1. The van der Waals surface area contributed by atoms with Crippen molar-refractivity contribution in [2.45, 2.75) is 6.54 Å². The SMILES string of the molecule is O=C(Cn1cccc(Br)c1=O)Nc1ccc(Cl)cc1. The molecule has 98 valence electrons. The lowest BCUT2D eigenvalue weighted by Crippen LogP contribution is -2.27. The molecule has 4 nitrogen and oxygen atoms in total. The van der Waals surface area contributed by atoms with Crippen molar-refractivity contribution in [2.24, 2.45) is 0 Å². The molecule has 0 atom stereocenters. The maximum absolute atomic E-state index is 11.8. The van der Waals surface area contributed by atoms with Gasteiger partial charge in [-0.1, -0.05) is 11.6 Å². The summed E-state index contributed by atoms with van der Waals surface area (Å²) in [4.78, 5) is 23.5. The molecular formula is C13H10BrClN2O2. The van der Waals surface area contributed by atoms with E-state index in [0.29, 0.717) is 15.2 Å². The van der Waals surface area contributed by atoms with Gasteiger partial charge in [-0.15, -0.1) is 0 Å². The molecule has 1 aromatic carbocycles. The molecule has 0 fully saturated rings. The first kappa shape index (κ1) is 13.8. The number of nitrogens with one attached hydrogen (secondary N) is 1. The lowest BCUT2D eigenvalue weighted by atomic mass is 10.3. The third-order valence-electron chi connectivity index (χ3n) is 2.42. The van der Waals surface area contributed by atoms with E-state index < -0.39 is 0 Å². The molecule has 1 N–H and O–H groups in total. The second-order valence-electron chi connectivity index (χ2n) is 3.84. The van der Waals surface area contributed by atoms with Gasteiger partial charge in [0.2, 0.25) is 5.91 Å². The number of carbonyl (C=O) groups excluding carboxylic acids is 1. The first-order valence-corrected chi connectivity index (χ1v) is 6.64. The van der Waals surface area contributed by atoms with Gasteiger partial charge in [0.1, 0.15) is 6.54 Å². The zero-order valence-corrected chi connectivity index (χ0v) is 12.1. The number of carbonyl (C=O) groups is 1. The number of benzene rings is 1. The predicted molar refractivity (Wildman–Crippen MR) is 78.5 cm³/mol. The number of hydrogen-bond donors (Lipinski definition) is 1. The summed E-state index contributed by atoms with van der Waals surface area (Å²) in [6.07, 6.45) is 1.56. The van der Waals surface area contributed by atoms with Gasteiger partial charge < -0.3 is 9.88 Å². The highest BCUT2D eigenvalue weighted by Crippen LogP contribution is 2.13. The second kappa shape index (κ2) is 6.04. The van der Waals surface area contributed by atoms with Crippen molar-refractivity contribution in [2.75, 3.05) is 5.32 Å². The highest BCUT2D eigenvalue weighted by atomic mass is 79.9. The fourth-order valence-corrected chi connectivity index (χ4v) is 2.03. The Hall–Kier alpha value is -1.59. The molecule has 1 amide bonds. The Kier molecular flexibility index (Phi) is 4.39. The largest absolute Gasteiger partial charge is 0.325 e. The monoisotopic (exact) mass is 340 g/mol. The average Bonchev–Trinajstić information content (AvgIpc) is 2.38. The first-order chi connectivity index (χ1) is 9.06. The lowest BCUT2D eigenvalue weighted by molar-refractivity contribution is -0.116. The molecule has 0 aliphatic heterocycles. The van der Waals surface area contributed by atoms with Crippen LogP contribution in [-0.2, 0) is 11.3 Å². The average molecular weight is 342 g/mol. The molecule has 0 bridgehead atoms. The molecule has 0 aliphatic rings. The van der Waals surface area contributed by atoms with Crippen LogP contribution in [0.15, 0.2) is 51.9 Å². The van der Waals surface area contributed by atoms with Crippen LogP contribution in [0.5, 0.6) is 0 Å². The Morgan fingerprint density at radius 2 is 1.95 bits per heavy atom. The molecule has 2 rings (SSSR count). The maximum atomic E-state index is 11.8. The van der Waals surface area contributed by atoms with Gasteiger partial charge in [-0.3, -0.25) is 9.59 Å². The number of hydrogen-bond acceptors (Lipinski definition) is 2. The van der Waals surface area contributed by atoms with Gasteiger partial charge >= 0.3 is 0 Å². The van der Waals surface area contributed by atoms with Gasteiger partial charge in [-0.25, -0.2) is 0 Å². The second-order valence-corrected chi connectivity index (χ2v) is 5.14. The minimum atomic E-state index is -0.275. The zero-order chi connectivity index (χ0) is 13.8. The fraction of sp³-hybridized carbons (Fsp3) is 0.0769. The minimum Gasteiger partial charge on any atom is -0.325 e. The van der Waals surface area contributed by atoms with Crippen molar-refractivity contribution in [3.63, 3.8) is 0 Å². The minimum absolute atomic E-state index is 0.0408. The standard InChI is InChI=1S/C13H10BrClN2O2/c14-11-2-1-7-17(13(11)19)8-12(18)16-10-5-3-9(15)4-6-10/h1-7H,8H2,(H,16,18). The summed E-state index contributed by atoms with van der Waals surface area (Å²) in [7, 11) is 0. The third kappa shape index (κ3) is 3.68. The van der Waals surface area contributed by atoms with Crippen LogP contribution in [0.2, 0.25) is 5.02 Å². The van der Waals surface area contributed by atoms with Crippen molar-refractivity contribution in [3.8, 4) is 0 Å². The molecule has 1 heterocycles. The summed E-state index contributed by atoms with van der Waals surface area (Å²) < 4.78 is 1.75.